The Bertz CT molecular complexity index is 1400. The average molecular weight is 574 g/mol. The van der Waals surface area contributed by atoms with Gasteiger partial charge in [0.1, 0.15) is 0 Å². The first-order valence-corrected chi connectivity index (χ1v) is 11.1. The third kappa shape index (κ3) is 8.34. The summed E-state index contributed by atoms with van der Waals surface area (Å²) < 4.78 is 86.4. The molecule has 2 radical (unpaired) electrons. The number of rotatable bonds is 5. The molecule has 0 heterocycles. The van der Waals surface area contributed by atoms with Gasteiger partial charge in [-0.3, -0.25) is 0 Å². The van der Waals surface area contributed by atoms with E-state index in [9.17, 15) is 30.5 Å². The van der Waals surface area contributed by atoms with Crippen LogP contribution in [0.25, 0.3) is 21.5 Å². The van der Waals surface area contributed by atoms with Crippen molar-refractivity contribution in [2.24, 2.45) is 0 Å². The van der Waals surface area contributed by atoms with Gasteiger partial charge in [-0.25, -0.2) is 8.42 Å². The van der Waals surface area contributed by atoms with Crippen molar-refractivity contribution in [3.05, 3.63) is 96.1 Å². The van der Waals surface area contributed by atoms with Crippen LogP contribution in [0.2, 0.25) is 0 Å². The van der Waals surface area contributed by atoms with Crippen LogP contribution in [0.1, 0.15) is 12.6 Å². The Balaban J connectivity index is 0. The van der Waals surface area contributed by atoms with E-state index in [1.54, 1.807) is 30.3 Å². The molecule has 186 valence electrons. The van der Waals surface area contributed by atoms with E-state index >= 15 is 0 Å². The summed E-state index contributed by atoms with van der Waals surface area (Å²) in [4.78, 5) is 0. The van der Waals surface area contributed by atoms with Gasteiger partial charge in [0.05, 0.1) is 6.61 Å². The van der Waals surface area contributed by atoms with Crippen LogP contribution in [-0.4, -0.2) is 43.2 Å². The molecule has 0 saturated carbocycles. The van der Waals surface area contributed by atoms with E-state index in [-0.39, 0.29) is 61.7 Å². The Kier molecular flexibility index (Phi) is 13.5. The molecular weight excluding hydrogens is 554 g/mol. The van der Waals surface area contributed by atoms with Gasteiger partial charge in [-0.2, -0.15) is 17.6 Å². The van der Waals surface area contributed by atoms with E-state index in [2.05, 4.69) is 54.1 Å². The zero-order valence-corrected chi connectivity index (χ0v) is 22.1. The van der Waals surface area contributed by atoms with Crippen LogP contribution in [0.3, 0.4) is 0 Å². The molecule has 0 atom stereocenters. The molecule has 0 N–H and O–H groups in total. The molecule has 0 amide bonds. The van der Waals surface area contributed by atoms with Gasteiger partial charge in [-0.1, -0.05) is 84.4 Å². The Morgan fingerprint density at radius 3 is 1.75 bits per heavy atom. The van der Waals surface area contributed by atoms with Crippen LogP contribution in [0.5, 0.6) is 0 Å². The van der Waals surface area contributed by atoms with Crippen LogP contribution >= 0.6 is 0 Å². The SMILES string of the molecule is Cc1ccc2ccccc2c1.O=S(=O)([O-])C(F)(F)C(F)(F)OCc1ccc2ccccc2c1.[Br-].[H-].[Li+].[Li-]. The van der Waals surface area contributed by atoms with Crippen LogP contribution in [0, 0.1) is 6.92 Å². The maximum Gasteiger partial charge on any atom is 1.00 e. The van der Waals surface area contributed by atoms with Crippen molar-refractivity contribution in [2.75, 3.05) is 0 Å². The van der Waals surface area contributed by atoms with Gasteiger partial charge >= 0.3 is 30.2 Å². The van der Waals surface area contributed by atoms with Crippen molar-refractivity contribution in [1.29, 1.82) is 0 Å². The maximum atomic E-state index is 13.1. The second-order valence-corrected chi connectivity index (χ2v) is 8.73. The van der Waals surface area contributed by atoms with Crippen molar-refractivity contribution in [3.8, 4) is 0 Å². The molecule has 0 spiro atoms. The topological polar surface area (TPSA) is 66.4 Å². The summed E-state index contributed by atoms with van der Waals surface area (Å²) in [5.41, 5.74) is 1.45. The first kappa shape index (κ1) is 34.7. The van der Waals surface area contributed by atoms with Crippen LogP contribution in [0.15, 0.2) is 84.9 Å². The van der Waals surface area contributed by atoms with Gasteiger partial charge in [0.2, 0.25) is 0 Å². The predicted molar refractivity (Wildman–Crippen MR) is 124 cm³/mol. The second-order valence-electron chi connectivity index (χ2n) is 7.31. The number of ether oxygens (including phenoxy) is 1. The first-order chi connectivity index (χ1) is 15.4. The summed E-state index contributed by atoms with van der Waals surface area (Å²) in [5.74, 6) is 0. The number of halogens is 5. The van der Waals surface area contributed by atoms with Crippen molar-refractivity contribution in [3.63, 3.8) is 0 Å². The van der Waals surface area contributed by atoms with Crippen molar-refractivity contribution in [1.82, 2.24) is 0 Å². The van der Waals surface area contributed by atoms with Crippen molar-refractivity contribution < 1.29 is 72.5 Å². The summed E-state index contributed by atoms with van der Waals surface area (Å²) in [6.45, 7) is 1.13. The maximum absolute atomic E-state index is 13.1. The number of hydrogen-bond acceptors (Lipinski definition) is 4. The van der Waals surface area contributed by atoms with Crippen molar-refractivity contribution >= 4 is 50.5 Å². The van der Waals surface area contributed by atoms with E-state index in [4.69, 9.17) is 0 Å². The second kappa shape index (κ2) is 14.0. The molecule has 12 heteroatoms. The van der Waals surface area contributed by atoms with Gasteiger partial charge in [-0.05, 0) is 40.1 Å². The normalized spacial score (nSPS) is 11.4. The first-order valence-electron chi connectivity index (χ1n) is 9.69. The average Bonchev–Trinajstić information content (AvgIpc) is 2.77. The molecule has 0 fully saturated rings. The standard InChI is InChI=1S/C13H10F4O4S.C11H10.BrH.2Li.H/c14-12(15,13(16,17)22(18,19)20)21-8-9-5-6-10-3-1-2-4-11(10)7-9;1-9-6-7-10-4-2-3-5-11(10)8-9;;;;/h1-7H,8H2,(H,18,19,20);2-8H,1H3;1H;;;/q;;;-1;+1;-1/p-2. The summed E-state index contributed by atoms with van der Waals surface area (Å²) in [6, 6.07) is 26.2. The molecule has 0 bridgehead atoms. The number of benzene rings is 4. The minimum absolute atomic E-state index is 0. The minimum atomic E-state index is -6.56. The molecule has 0 aliphatic carbocycles. The number of hydrogen-bond donors (Lipinski definition) is 0. The summed E-state index contributed by atoms with van der Waals surface area (Å²) in [5, 5.41) is -1.75. The number of aryl methyl sites for hydroxylation is 1. The van der Waals surface area contributed by atoms with E-state index in [1.165, 1.54) is 28.5 Å². The third-order valence-corrected chi connectivity index (χ3v) is 5.66. The fraction of sp³-hybridized carbons (Fsp3) is 0.167. The Labute approximate surface area is 242 Å². The monoisotopic (exact) mass is 573 g/mol. The molecule has 36 heavy (non-hydrogen) atoms. The number of fused-ring (bicyclic) bond motifs is 2. The molecule has 4 aromatic rings. The molecule has 4 rings (SSSR count). The Morgan fingerprint density at radius 1 is 0.806 bits per heavy atom. The summed E-state index contributed by atoms with van der Waals surface area (Å²) in [7, 11) is -6.56. The molecular formula is C24H20BrF4Li2O4S-3. The van der Waals surface area contributed by atoms with Gasteiger partial charge in [-0.15, -0.1) is 0 Å². The smallest absolute Gasteiger partial charge is 1.00 e. The van der Waals surface area contributed by atoms with Crippen molar-refractivity contribution in [2.45, 2.75) is 24.9 Å². The summed E-state index contributed by atoms with van der Waals surface area (Å²) >= 11 is 0. The van der Waals surface area contributed by atoms with E-state index in [0.29, 0.717) is 5.39 Å². The predicted octanol–water partition coefficient (Wildman–Crippen LogP) is -0.0249. The summed E-state index contributed by atoms with van der Waals surface area (Å²) in [6.07, 6.45) is -5.43. The van der Waals surface area contributed by atoms with Crippen LogP contribution < -0.4 is 35.8 Å². The molecule has 0 unspecified atom stereocenters. The minimum Gasteiger partial charge on any atom is -1.00 e. The van der Waals surface area contributed by atoms with Gasteiger partial charge in [0, 0.05) is 0 Å². The largest absolute Gasteiger partial charge is 1.00 e. The fourth-order valence-electron chi connectivity index (χ4n) is 3.04. The van der Waals surface area contributed by atoms with E-state index in [0.717, 1.165) is 5.39 Å². The fourth-order valence-corrected chi connectivity index (χ4v) is 3.39. The molecule has 0 aromatic heterocycles. The number of alkyl halides is 4. The van der Waals surface area contributed by atoms with Crippen LogP contribution in [0.4, 0.5) is 17.6 Å². The van der Waals surface area contributed by atoms with Gasteiger partial charge < -0.3 is 46.6 Å². The third-order valence-electron chi connectivity index (χ3n) is 4.79. The van der Waals surface area contributed by atoms with E-state index in [1.807, 2.05) is 0 Å². The zero-order chi connectivity index (χ0) is 24.3. The Hall–Kier alpha value is -1.34. The van der Waals surface area contributed by atoms with E-state index < -0.39 is 28.1 Å². The molecule has 0 saturated heterocycles. The van der Waals surface area contributed by atoms with Gasteiger partial charge in [0.25, 0.3) is 0 Å². The molecule has 4 aromatic carbocycles. The molecule has 4 nitrogen and oxygen atoms in total. The van der Waals surface area contributed by atoms with Crippen LogP contribution in [-0.2, 0) is 21.5 Å². The van der Waals surface area contributed by atoms with Gasteiger partial charge in [0.15, 0.2) is 10.1 Å². The molecule has 0 aliphatic heterocycles. The molecule has 0 aliphatic rings. The Morgan fingerprint density at radius 2 is 1.25 bits per heavy atom. The quantitative estimate of drug-likeness (QED) is 0.191. The zero-order valence-electron chi connectivity index (χ0n) is 20.7.